The van der Waals surface area contributed by atoms with Crippen LogP contribution in [0, 0.1) is 12.3 Å². The molecule has 2 N–H and O–H groups in total. The van der Waals surface area contributed by atoms with Gasteiger partial charge in [0.15, 0.2) is 11.5 Å². The van der Waals surface area contributed by atoms with Crippen LogP contribution in [0.1, 0.15) is 34.7 Å². The molecular formula is C29H27F3O5. The van der Waals surface area contributed by atoms with E-state index in [1.54, 1.807) is 6.08 Å². The minimum Gasteiger partial charge on any atom is -0.486 e. The minimum absolute atomic E-state index is 0.0835. The van der Waals surface area contributed by atoms with Gasteiger partial charge in [-0.1, -0.05) is 48.6 Å². The second-order valence-corrected chi connectivity index (χ2v) is 9.33. The van der Waals surface area contributed by atoms with Crippen LogP contribution in [0.25, 0.3) is 23.3 Å². The van der Waals surface area contributed by atoms with E-state index < -0.39 is 29.7 Å². The Morgan fingerprint density at radius 1 is 0.973 bits per heavy atom. The molecule has 37 heavy (non-hydrogen) atoms. The molecular weight excluding hydrogens is 485 g/mol. The van der Waals surface area contributed by atoms with Gasteiger partial charge >= 0.3 is 12.1 Å². The van der Waals surface area contributed by atoms with E-state index in [1.165, 1.54) is 25.1 Å². The zero-order chi connectivity index (χ0) is 26.8. The summed E-state index contributed by atoms with van der Waals surface area (Å²) in [5, 5.41) is 19.0. The zero-order valence-electron chi connectivity index (χ0n) is 20.4. The van der Waals surface area contributed by atoms with E-state index in [0.717, 1.165) is 28.3 Å². The number of rotatable bonds is 7. The number of fused-ring (bicyclic) bond motifs is 1. The fraction of sp³-hybridized carbons (Fsp3) is 0.276. The van der Waals surface area contributed by atoms with E-state index in [9.17, 15) is 28.2 Å². The summed E-state index contributed by atoms with van der Waals surface area (Å²) in [5.41, 5.74) is 1.38. The highest BCUT2D eigenvalue weighted by Gasteiger charge is 2.35. The lowest BCUT2D eigenvalue weighted by atomic mass is 9.83. The molecule has 8 heteroatoms. The van der Waals surface area contributed by atoms with Gasteiger partial charge in [0.25, 0.3) is 0 Å². The Hall–Kier alpha value is -3.78. The number of hydrogen-bond donors (Lipinski definition) is 2. The number of halogens is 3. The first-order chi connectivity index (χ1) is 17.5. The van der Waals surface area contributed by atoms with Crippen molar-refractivity contribution in [1.82, 2.24) is 0 Å². The number of ether oxygens (including phenoxy) is 2. The summed E-state index contributed by atoms with van der Waals surface area (Å²) in [4.78, 5) is 11.6. The highest BCUT2D eigenvalue weighted by Crippen LogP contribution is 2.37. The number of carboxylic acid groups (broad SMARTS) is 1. The van der Waals surface area contributed by atoms with Gasteiger partial charge in [-0.2, -0.15) is 13.2 Å². The number of alkyl halides is 3. The smallest absolute Gasteiger partial charge is 0.416 e. The Morgan fingerprint density at radius 2 is 1.68 bits per heavy atom. The van der Waals surface area contributed by atoms with Gasteiger partial charge in [0.1, 0.15) is 13.2 Å². The predicted molar refractivity (Wildman–Crippen MR) is 135 cm³/mol. The maximum atomic E-state index is 13.8. The molecule has 0 radical (unpaired) electrons. The average molecular weight is 513 g/mol. The Morgan fingerprint density at radius 3 is 2.35 bits per heavy atom. The van der Waals surface area contributed by atoms with E-state index >= 15 is 0 Å². The molecule has 4 rings (SSSR count). The third-order valence-electron chi connectivity index (χ3n) is 6.55. The van der Waals surface area contributed by atoms with Crippen LogP contribution in [-0.2, 0) is 17.4 Å². The number of aliphatic hydroxyl groups excluding tert-OH is 1. The summed E-state index contributed by atoms with van der Waals surface area (Å²) in [6.07, 6.45) is -1.70. The fourth-order valence-corrected chi connectivity index (χ4v) is 4.31. The molecule has 3 aromatic rings. The van der Waals surface area contributed by atoms with Crippen LogP contribution in [0.15, 0.2) is 54.6 Å². The normalized spacial score (nSPS) is 15.0. The van der Waals surface area contributed by atoms with Crippen molar-refractivity contribution in [3.63, 3.8) is 0 Å². The molecule has 5 nitrogen and oxygen atoms in total. The number of hydrogen-bond acceptors (Lipinski definition) is 4. The predicted octanol–water partition coefficient (Wildman–Crippen LogP) is 6.25. The fourth-order valence-electron chi connectivity index (χ4n) is 4.31. The summed E-state index contributed by atoms with van der Waals surface area (Å²) in [6, 6.07) is 14.8. The molecule has 1 aliphatic heterocycles. The van der Waals surface area contributed by atoms with Crippen LogP contribution in [0.2, 0.25) is 0 Å². The Labute approximate surface area is 212 Å². The van der Waals surface area contributed by atoms with Crippen molar-refractivity contribution in [1.29, 1.82) is 0 Å². The van der Waals surface area contributed by atoms with Gasteiger partial charge in [-0.25, -0.2) is 0 Å². The third kappa shape index (κ3) is 5.64. The van der Waals surface area contributed by atoms with Crippen molar-refractivity contribution in [2.24, 2.45) is 5.41 Å². The first-order valence-electron chi connectivity index (χ1n) is 11.7. The molecule has 0 bridgehead atoms. The SMILES string of the molecule is Cc1c(/C=C/c2cc(CC(C)(CO)C(=O)O)ccc2C(F)(F)F)cccc1-c1ccc2c(c1)OCCO2. The van der Waals surface area contributed by atoms with Crippen LogP contribution in [0.4, 0.5) is 13.2 Å². The van der Waals surface area contributed by atoms with Crippen molar-refractivity contribution < 1.29 is 37.7 Å². The molecule has 1 aliphatic rings. The van der Waals surface area contributed by atoms with E-state index in [1.807, 2.05) is 43.3 Å². The van der Waals surface area contributed by atoms with Crippen LogP contribution in [0.3, 0.4) is 0 Å². The van der Waals surface area contributed by atoms with Gasteiger partial charge in [-0.05, 0) is 71.8 Å². The quantitative estimate of drug-likeness (QED) is 0.366. The molecule has 0 saturated carbocycles. The standard InChI is InChI=1S/C29H27F3O5/c1-18-20(4-3-5-23(18)21-9-11-25-26(15-21)37-13-12-36-25)7-8-22-14-19(6-10-24(22)29(30,31)32)16-28(2,17-33)27(34)35/h3-11,14-15,33H,12-13,16-17H2,1-2H3,(H,34,35)/b8-7+. The van der Waals surface area contributed by atoms with E-state index in [0.29, 0.717) is 30.3 Å². The molecule has 0 aliphatic carbocycles. The summed E-state index contributed by atoms with van der Waals surface area (Å²) in [6.45, 7) is 3.56. The number of benzene rings is 3. The second kappa shape index (κ2) is 10.3. The van der Waals surface area contributed by atoms with Crippen molar-refractivity contribution in [2.75, 3.05) is 19.8 Å². The maximum absolute atomic E-state index is 13.8. The van der Waals surface area contributed by atoms with Crippen LogP contribution in [0.5, 0.6) is 11.5 Å². The molecule has 0 fully saturated rings. The Balaban J connectivity index is 1.70. The molecule has 1 heterocycles. The van der Waals surface area contributed by atoms with Crippen LogP contribution >= 0.6 is 0 Å². The van der Waals surface area contributed by atoms with Gasteiger partial charge in [0, 0.05) is 0 Å². The average Bonchev–Trinajstić information content (AvgIpc) is 2.87. The Kier molecular flexibility index (Phi) is 7.32. The van der Waals surface area contributed by atoms with Crippen LogP contribution < -0.4 is 9.47 Å². The number of carbonyl (C=O) groups is 1. The molecule has 3 aromatic carbocycles. The van der Waals surface area contributed by atoms with Crippen molar-refractivity contribution in [3.05, 3.63) is 82.4 Å². The summed E-state index contributed by atoms with van der Waals surface area (Å²) in [7, 11) is 0. The third-order valence-corrected chi connectivity index (χ3v) is 6.55. The first kappa shape index (κ1) is 26.3. The summed E-state index contributed by atoms with van der Waals surface area (Å²) < 4.78 is 52.5. The molecule has 0 aromatic heterocycles. The summed E-state index contributed by atoms with van der Waals surface area (Å²) in [5.74, 6) is 0.0917. The molecule has 194 valence electrons. The van der Waals surface area contributed by atoms with Gasteiger partial charge < -0.3 is 19.7 Å². The van der Waals surface area contributed by atoms with Crippen molar-refractivity contribution in [3.8, 4) is 22.6 Å². The molecule has 0 amide bonds. The van der Waals surface area contributed by atoms with E-state index in [4.69, 9.17) is 9.47 Å². The topological polar surface area (TPSA) is 76.0 Å². The highest BCUT2D eigenvalue weighted by atomic mass is 19.4. The first-order valence-corrected chi connectivity index (χ1v) is 11.7. The van der Waals surface area contributed by atoms with Crippen LogP contribution in [-0.4, -0.2) is 36.0 Å². The largest absolute Gasteiger partial charge is 0.486 e. The van der Waals surface area contributed by atoms with E-state index in [-0.39, 0.29) is 12.0 Å². The molecule has 1 atom stereocenters. The highest BCUT2D eigenvalue weighted by molar-refractivity contribution is 5.79. The zero-order valence-corrected chi connectivity index (χ0v) is 20.4. The lowest BCUT2D eigenvalue weighted by Gasteiger charge is -2.22. The number of aliphatic carboxylic acids is 1. The summed E-state index contributed by atoms with van der Waals surface area (Å²) >= 11 is 0. The number of aliphatic hydroxyl groups is 1. The minimum atomic E-state index is -4.59. The lowest BCUT2D eigenvalue weighted by Crippen LogP contribution is -2.33. The molecule has 1 unspecified atom stereocenters. The second-order valence-electron chi connectivity index (χ2n) is 9.33. The van der Waals surface area contributed by atoms with E-state index in [2.05, 4.69) is 0 Å². The maximum Gasteiger partial charge on any atom is 0.416 e. The van der Waals surface area contributed by atoms with Gasteiger partial charge in [0.05, 0.1) is 17.6 Å². The monoisotopic (exact) mass is 512 g/mol. The van der Waals surface area contributed by atoms with Crippen molar-refractivity contribution in [2.45, 2.75) is 26.4 Å². The molecule has 0 spiro atoms. The number of carboxylic acids is 1. The van der Waals surface area contributed by atoms with Gasteiger partial charge in [-0.3, -0.25) is 4.79 Å². The van der Waals surface area contributed by atoms with Crippen molar-refractivity contribution >= 4 is 18.1 Å². The molecule has 0 saturated heterocycles. The van der Waals surface area contributed by atoms with Gasteiger partial charge in [-0.15, -0.1) is 0 Å². The van der Waals surface area contributed by atoms with Gasteiger partial charge in [0.2, 0.25) is 0 Å². The lowest BCUT2D eigenvalue weighted by molar-refractivity contribution is -0.150. The Bertz CT molecular complexity index is 1350.